The fraction of sp³-hybridized carbons (Fsp3) is 0.625. The Kier molecular flexibility index (Phi) is 5.52. The first-order chi connectivity index (χ1) is 9.61. The number of hydrogen-bond donors (Lipinski definition) is 1. The highest BCUT2D eigenvalue weighted by Crippen LogP contribution is 2.29. The number of benzene rings is 1. The Balaban J connectivity index is 2.16. The lowest BCUT2D eigenvalue weighted by Crippen LogP contribution is -2.45. The number of nitrogens with two attached hydrogens (primary N) is 1. The van der Waals surface area contributed by atoms with E-state index < -0.39 is 0 Å². The molecule has 0 saturated carbocycles. The number of methoxy groups -OCH3 is 1. The van der Waals surface area contributed by atoms with Crippen LogP contribution in [0.1, 0.15) is 31.4 Å². The average Bonchev–Trinajstić information content (AvgIpc) is 2.39. The highest BCUT2D eigenvalue weighted by Gasteiger charge is 2.29. The van der Waals surface area contributed by atoms with Crippen molar-refractivity contribution >= 4 is 0 Å². The van der Waals surface area contributed by atoms with Gasteiger partial charge in [-0.15, -0.1) is 0 Å². The first-order valence-electron chi connectivity index (χ1n) is 7.36. The molecule has 0 bridgehead atoms. The van der Waals surface area contributed by atoms with Gasteiger partial charge in [0, 0.05) is 25.7 Å². The van der Waals surface area contributed by atoms with Gasteiger partial charge >= 0.3 is 0 Å². The molecule has 1 aromatic rings. The van der Waals surface area contributed by atoms with Crippen LogP contribution in [-0.4, -0.2) is 37.7 Å². The van der Waals surface area contributed by atoms with Crippen molar-refractivity contribution in [3.05, 3.63) is 35.6 Å². The van der Waals surface area contributed by atoms with E-state index in [1.54, 1.807) is 19.2 Å². The number of halogens is 1. The van der Waals surface area contributed by atoms with Gasteiger partial charge in [-0.2, -0.15) is 0 Å². The first-order valence-corrected chi connectivity index (χ1v) is 7.36. The van der Waals surface area contributed by atoms with E-state index in [1.165, 1.54) is 12.5 Å². The van der Waals surface area contributed by atoms with Crippen LogP contribution in [0.15, 0.2) is 24.3 Å². The van der Waals surface area contributed by atoms with Crippen LogP contribution in [0.5, 0.6) is 0 Å². The predicted octanol–water partition coefficient (Wildman–Crippen LogP) is 2.57. The van der Waals surface area contributed by atoms with Gasteiger partial charge in [-0.05, 0) is 49.9 Å². The van der Waals surface area contributed by atoms with Crippen molar-refractivity contribution in [2.45, 2.75) is 31.8 Å². The third kappa shape index (κ3) is 3.78. The number of rotatable bonds is 5. The topological polar surface area (TPSA) is 38.5 Å². The predicted molar refractivity (Wildman–Crippen MR) is 79.0 cm³/mol. The van der Waals surface area contributed by atoms with Gasteiger partial charge in [0.25, 0.3) is 0 Å². The zero-order valence-corrected chi connectivity index (χ0v) is 12.4. The number of nitrogens with zero attached hydrogens (tertiary/aromatic N) is 1. The first kappa shape index (κ1) is 15.4. The van der Waals surface area contributed by atoms with E-state index in [0.717, 1.165) is 31.7 Å². The molecular weight excluding hydrogens is 255 g/mol. The Bertz CT molecular complexity index is 423. The lowest BCUT2D eigenvalue weighted by atomic mass is 9.92. The monoisotopic (exact) mass is 280 g/mol. The van der Waals surface area contributed by atoms with E-state index in [4.69, 9.17) is 10.5 Å². The lowest BCUT2D eigenvalue weighted by Gasteiger charge is -2.40. The summed E-state index contributed by atoms with van der Waals surface area (Å²) in [6.07, 6.45) is 2.34. The van der Waals surface area contributed by atoms with E-state index in [2.05, 4.69) is 4.90 Å². The van der Waals surface area contributed by atoms with Crippen molar-refractivity contribution < 1.29 is 9.13 Å². The summed E-state index contributed by atoms with van der Waals surface area (Å²) in [5.74, 6) is 0.349. The molecule has 3 atom stereocenters. The molecule has 2 N–H and O–H groups in total. The number of likely N-dealkylation sites (tertiary alicyclic amines) is 1. The zero-order chi connectivity index (χ0) is 14.5. The maximum atomic E-state index is 13.5. The fourth-order valence-electron chi connectivity index (χ4n) is 3.26. The van der Waals surface area contributed by atoms with Crippen LogP contribution in [0, 0.1) is 11.7 Å². The van der Waals surface area contributed by atoms with Gasteiger partial charge in [0.2, 0.25) is 0 Å². The summed E-state index contributed by atoms with van der Waals surface area (Å²) in [6, 6.07) is 6.86. The van der Waals surface area contributed by atoms with Crippen molar-refractivity contribution in [3.63, 3.8) is 0 Å². The normalized spacial score (nSPS) is 23.5. The summed E-state index contributed by atoms with van der Waals surface area (Å²) >= 11 is 0. The smallest absolute Gasteiger partial charge is 0.123 e. The van der Waals surface area contributed by atoms with Crippen LogP contribution in [-0.2, 0) is 4.74 Å². The minimum Gasteiger partial charge on any atom is -0.384 e. The summed E-state index contributed by atoms with van der Waals surface area (Å²) in [5.41, 5.74) is 7.14. The molecular formula is C16H25FN2O. The van der Waals surface area contributed by atoms with Crippen LogP contribution in [0.3, 0.4) is 0 Å². The quantitative estimate of drug-likeness (QED) is 0.901. The maximum absolute atomic E-state index is 13.5. The third-order valence-corrected chi connectivity index (χ3v) is 4.03. The largest absolute Gasteiger partial charge is 0.384 e. The van der Waals surface area contributed by atoms with Gasteiger partial charge in [0.1, 0.15) is 5.82 Å². The molecule has 112 valence electrons. The SMILES string of the molecule is COCC1CCCN(C(c2cccc(F)c2)C(C)N)C1. The summed E-state index contributed by atoms with van der Waals surface area (Å²) in [4.78, 5) is 2.38. The van der Waals surface area contributed by atoms with Crippen molar-refractivity contribution in [1.82, 2.24) is 4.90 Å². The summed E-state index contributed by atoms with van der Waals surface area (Å²) < 4.78 is 18.8. The van der Waals surface area contributed by atoms with Gasteiger partial charge in [0.15, 0.2) is 0 Å². The van der Waals surface area contributed by atoms with E-state index in [-0.39, 0.29) is 17.9 Å². The lowest BCUT2D eigenvalue weighted by molar-refractivity contribution is 0.0618. The van der Waals surface area contributed by atoms with E-state index in [1.807, 2.05) is 13.0 Å². The molecule has 0 spiro atoms. The van der Waals surface area contributed by atoms with Crippen LogP contribution < -0.4 is 5.73 Å². The van der Waals surface area contributed by atoms with Gasteiger partial charge in [-0.3, -0.25) is 4.90 Å². The number of piperidine rings is 1. The number of ether oxygens (including phenoxy) is 1. The van der Waals surface area contributed by atoms with Gasteiger partial charge in [-0.1, -0.05) is 12.1 Å². The molecule has 1 heterocycles. The number of hydrogen-bond acceptors (Lipinski definition) is 3. The fourth-order valence-corrected chi connectivity index (χ4v) is 3.26. The molecule has 3 nitrogen and oxygen atoms in total. The minimum atomic E-state index is -0.196. The van der Waals surface area contributed by atoms with Gasteiger partial charge in [-0.25, -0.2) is 4.39 Å². The molecule has 2 rings (SSSR count). The van der Waals surface area contributed by atoms with Crippen molar-refractivity contribution in [2.24, 2.45) is 11.7 Å². The van der Waals surface area contributed by atoms with Crippen LogP contribution >= 0.6 is 0 Å². The Labute approximate surface area is 120 Å². The second-order valence-corrected chi connectivity index (χ2v) is 5.82. The van der Waals surface area contributed by atoms with Crippen LogP contribution in [0.2, 0.25) is 0 Å². The summed E-state index contributed by atoms with van der Waals surface area (Å²) in [5, 5.41) is 0. The molecule has 1 saturated heterocycles. The Hall–Kier alpha value is -0.970. The van der Waals surface area contributed by atoms with Crippen molar-refractivity contribution in [1.29, 1.82) is 0 Å². The second-order valence-electron chi connectivity index (χ2n) is 5.82. The van der Waals surface area contributed by atoms with Crippen LogP contribution in [0.4, 0.5) is 4.39 Å². The second kappa shape index (κ2) is 7.16. The molecule has 0 radical (unpaired) electrons. The van der Waals surface area contributed by atoms with Crippen molar-refractivity contribution in [3.8, 4) is 0 Å². The van der Waals surface area contributed by atoms with Gasteiger partial charge in [0.05, 0.1) is 6.61 Å². The van der Waals surface area contributed by atoms with E-state index >= 15 is 0 Å². The zero-order valence-electron chi connectivity index (χ0n) is 12.4. The Morgan fingerprint density at radius 1 is 1.50 bits per heavy atom. The standard InChI is InChI=1S/C16H25FN2O/c1-12(18)16(14-6-3-7-15(17)9-14)19-8-4-5-13(10-19)11-20-2/h3,6-7,9,12-13,16H,4-5,8,10-11,18H2,1-2H3. The third-order valence-electron chi connectivity index (χ3n) is 4.03. The summed E-state index contributed by atoms with van der Waals surface area (Å²) in [7, 11) is 1.74. The van der Waals surface area contributed by atoms with Crippen molar-refractivity contribution in [2.75, 3.05) is 26.8 Å². The Morgan fingerprint density at radius 2 is 2.30 bits per heavy atom. The molecule has 1 aromatic carbocycles. The molecule has 0 amide bonds. The highest BCUT2D eigenvalue weighted by molar-refractivity contribution is 5.22. The minimum absolute atomic E-state index is 0.0295. The molecule has 20 heavy (non-hydrogen) atoms. The summed E-state index contributed by atoms with van der Waals surface area (Å²) in [6.45, 7) is 4.76. The molecule has 1 aliphatic heterocycles. The van der Waals surface area contributed by atoms with E-state index in [0.29, 0.717) is 5.92 Å². The average molecular weight is 280 g/mol. The van der Waals surface area contributed by atoms with Crippen LogP contribution in [0.25, 0.3) is 0 Å². The molecule has 3 unspecified atom stereocenters. The van der Waals surface area contributed by atoms with Gasteiger partial charge < -0.3 is 10.5 Å². The van der Waals surface area contributed by atoms with E-state index in [9.17, 15) is 4.39 Å². The molecule has 4 heteroatoms. The Morgan fingerprint density at radius 3 is 2.95 bits per heavy atom. The maximum Gasteiger partial charge on any atom is 0.123 e. The molecule has 1 aliphatic rings. The molecule has 0 aromatic heterocycles. The molecule has 1 fully saturated rings. The molecule has 0 aliphatic carbocycles. The highest BCUT2D eigenvalue weighted by atomic mass is 19.1.